The summed E-state index contributed by atoms with van der Waals surface area (Å²) in [4.78, 5) is 14.7. The second kappa shape index (κ2) is 9.22. The highest BCUT2D eigenvalue weighted by Crippen LogP contribution is 2.30. The number of nitrogens with two attached hydrogens (primary N) is 1. The van der Waals surface area contributed by atoms with Crippen LogP contribution in [0.3, 0.4) is 0 Å². The van der Waals surface area contributed by atoms with Gasteiger partial charge in [-0.1, -0.05) is 17.7 Å². The third-order valence-corrected chi connectivity index (χ3v) is 4.81. The molecule has 0 aliphatic carbocycles. The highest BCUT2D eigenvalue weighted by atomic mass is 35.5. The molecule has 148 valence electrons. The number of carbonyl (C=O) groups excluding carboxylic acids is 1. The molecule has 0 radical (unpaired) electrons. The Morgan fingerprint density at radius 1 is 1.31 bits per heavy atom. The number of hydrogen-bond donors (Lipinski definition) is 1. The van der Waals surface area contributed by atoms with E-state index in [1.165, 1.54) is 24.6 Å². The van der Waals surface area contributed by atoms with Crippen molar-refractivity contribution in [2.24, 2.45) is 5.73 Å². The minimum Gasteiger partial charge on any atom is -0.481 e. The Morgan fingerprint density at radius 2 is 2.14 bits per heavy atom. The van der Waals surface area contributed by atoms with Gasteiger partial charge in [0.1, 0.15) is 0 Å². The number of halogens is 1. The fourth-order valence-electron chi connectivity index (χ4n) is 3.02. The van der Waals surface area contributed by atoms with Crippen molar-refractivity contribution in [2.75, 3.05) is 7.11 Å². The van der Waals surface area contributed by atoms with E-state index in [4.69, 9.17) is 27.3 Å². The standard InChI is InChI=1S/C13H14ClN3O.C8H6N2O/c1-18-13-7-10(11(14)8-15-13)12-6-9-4-2-3-5-17(9)16-12;9-5-6-2-1-3-7(4-6)8(10)11/h6-8H,2-5H2,1H3;1-4H,(H2,10,11). The first-order valence-electron chi connectivity index (χ1n) is 9.08. The van der Waals surface area contributed by atoms with Crippen LogP contribution in [0.15, 0.2) is 42.6 Å². The molecular weight excluding hydrogens is 390 g/mol. The summed E-state index contributed by atoms with van der Waals surface area (Å²) < 4.78 is 7.20. The normalized spacial score (nSPS) is 12.2. The predicted molar refractivity (Wildman–Crippen MR) is 110 cm³/mol. The molecule has 0 fully saturated rings. The van der Waals surface area contributed by atoms with E-state index in [0.717, 1.165) is 24.2 Å². The van der Waals surface area contributed by atoms with Gasteiger partial charge in [-0.3, -0.25) is 9.48 Å². The summed E-state index contributed by atoms with van der Waals surface area (Å²) in [5.74, 6) is 0.0440. The van der Waals surface area contributed by atoms with Crippen LogP contribution >= 0.6 is 11.6 Å². The van der Waals surface area contributed by atoms with Gasteiger partial charge in [0, 0.05) is 29.4 Å². The Balaban J connectivity index is 0.000000188. The minimum atomic E-state index is -0.512. The number of rotatable bonds is 3. The van der Waals surface area contributed by atoms with Gasteiger partial charge in [-0.25, -0.2) is 4.98 Å². The van der Waals surface area contributed by atoms with Gasteiger partial charge in [-0.2, -0.15) is 10.4 Å². The fraction of sp³-hybridized carbons (Fsp3) is 0.238. The van der Waals surface area contributed by atoms with E-state index >= 15 is 0 Å². The lowest BCUT2D eigenvalue weighted by molar-refractivity contribution is 0.1000. The molecule has 0 saturated carbocycles. The van der Waals surface area contributed by atoms with Crippen molar-refractivity contribution < 1.29 is 9.53 Å². The van der Waals surface area contributed by atoms with E-state index in [2.05, 4.69) is 20.8 Å². The first-order valence-corrected chi connectivity index (χ1v) is 9.46. The molecular formula is C21H20ClN5O2. The molecule has 0 unspecified atom stereocenters. The zero-order valence-corrected chi connectivity index (χ0v) is 16.7. The molecule has 1 aliphatic heterocycles. The molecule has 0 spiro atoms. The lowest BCUT2D eigenvalue weighted by atomic mass is 10.1. The molecule has 1 amide bonds. The summed E-state index contributed by atoms with van der Waals surface area (Å²) in [5.41, 5.74) is 8.86. The Bertz CT molecular complexity index is 1050. The lowest BCUT2D eigenvalue weighted by Gasteiger charge is -2.11. The van der Waals surface area contributed by atoms with Gasteiger partial charge in [0.05, 0.1) is 35.7 Å². The molecule has 3 heterocycles. The van der Waals surface area contributed by atoms with Crippen LogP contribution in [0.2, 0.25) is 5.02 Å². The van der Waals surface area contributed by atoms with Crippen LogP contribution in [0.25, 0.3) is 11.3 Å². The van der Waals surface area contributed by atoms with Crippen molar-refractivity contribution in [3.05, 3.63) is 64.4 Å². The Morgan fingerprint density at radius 3 is 2.83 bits per heavy atom. The van der Waals surface area contributed by atoms with E-state index in [-0.39, 0.29) is 0 Å². The first-order chi connectivity index (χ1) is 14.0. The van der Waals surface area contributed by atoms with Gasteiger partial charge in [0.15, 0.2) is 0 Å². The van der Waals surface area contributed by atoms with Gasteiger partial charge in [-0.05, 0) is 43.5 Å². The van der Waals surface area contributed by atoms with Crippen LogP contribution in [0.5, 0.6) is 5.88 Å². The number of carbonyl (C=O) groups is 1. The quantitative estimate of drug-likeness (QED) is 0.711. The number of pyridine rings is 1. The molecule has 1 aliphatic rings. The molecule has 3 aromatic rings. The van der Waals surface area contributed by atoms with E-state index in [1.54, 1.807) is 31.5 Å². The smallest absolute Gasteiger partial charge is 0.248 e. The average molecular weight is 410 g/mol. The summed E-state index contributed by atoms with van der Waals surface area (Å²) in [5, 5.41) is 13.7. The van der Waals surface area contributed by atoms with Crippen molar-refractivity contribution in [3.63, 3.8) is 0 Å². The van der Waals surface area contributed by atoms with Gasteiger partial charge < -0.3 is 10.5 Å². The number of aromatic nitrogens is 3. The van der Waals surface area contributed by atoms with Crippen molar-refractivity contribution in [1.82, 2.24) is 14.8 Å². The number of benzene rings is 1. The molecule has 7 nitrogen and oxygen atoms in total. The molecule has 29 heavy (non-hydrogen) atoms. The first kappa shape index (κ1) is 20.4. The number of nitriles is 1. The molecule has 1 aromatic carbocycles. The number of nitrogens with zero attached hydrogens (tertiary/aromatic N) is 4. The minimum absolute atomic E-state index is 0.365. The van der Waals surface area contributed by atoms with Gasteiger partial charge in [-0.15, -0.1) is 0 Å². The number of ether oxygens (including phenoxy) is 1. The van der Waals surface area contributed by atoms with E-state index in [0.29, 0.717) is 22.0 Å². The zero-order valence-electron chi connectivity index (χ0n) is 15.9. The number of amides is 1. The Hall–Kier alpha value is -3.37. The van der Waals surface area contributed by atoms with Crippen molar-refractivity contribution in [1.29, 1.82) is 5.26 Å². The summed E-state index contributed by atoms with van der Waals surface area (Å²) >= 11 is 6.18. The fourth-order valence-corrected chi connectivity index (χ4v) is 3.22. The van der Waals surface area contributed by atoms with Gasteiger partial charge in [0.25, 0.3) is 0 Å². The number of primary amides is 1. The third kappa shape index (κ3) is 4.92. The molecule has 2 aromatic heterocycles. The van der Waals surface area contributed by atoms with Gasteiger partial charge in [0.2, 0.25) is 11.8 Å². The largest absolute Gasteiger partial charge is 0.481 e. The van der Waals surface area contributed by atoms with Crippen molar-refractivity contribution in [3.8, 4) is 23.2 Å². The number of aryl methyl sites for hydroxylation is 2. The van der Waals surface area contributed by atoms with Gasteiger partial charge >= 0.3 is 0 Å². The zero-order chi connectivity index (χ0) is 20.8. The molecule has 8 heteroatoms. The number of fused-ring (bicyclic) bond motifs is 1. The summed E-state index contributed by atoms with van der Waals surface area (Å²) in [7, 11) is 1.60. The summed E-state index contributed by atoms with van der Waals surface area (Å²) in [6.45, 7) is 0.995. The van der Waals surface area contributed by atoms with Crippen LogP contribution in [-0.2, 0) is 13.0 Å². The molecule has 0 bridgehead atoms. The summed E-state index contributed by atoms with van der Waals surface area (Å²) in [6.07, 6.45) is 5.13. The van der Waals surface area contributed by atoms with Crippen LogP contribution in [0, 0.1) is 11.3 Å². The van der Waals surface area contributed by atoms with Crippen LogP contribution in [0.1, 0.15) is 34.5 Å². The second-order valence-electron chi connectivity index (χ2n) is 6.46. The number of hydrogen-bond acceptors (Lipinski definition) is 5. The Labute approximate surface area is 173 Å². The van der Waals surface area contributed by atoms with E-state index in [1.807, 2.05) is 12.1 Å². The monoisotopic (exact) mass is 409 g/mol. The van der Waals surface area contributed by atoms with E-state index in [9.17, 15) is 4.79 Å². The SMILES string of the molecule is COc1cc(-c2cc3n(n2)CCCC3)c(Cl)cn1.N#Cc1cccc(C(N)=O)c1. The lowest BCUT2D eigenvalue weighted by Crippen LogP contribution is -2.10. The highest BCUT2D eigenvalue weighted by Gasteiger charge is 2.15. The van der Waals surface area contributed by atoms with Crippen LogP contribution < -0.4 is 10.5 Å². The molecule has 4 rings (SSSR count). The maximum absolute atomic E-state index is 10.6. The Kier molecular flexibility index (Phi) is 6.47. The maximum atomic E-state index is 10.6. The molecule has 0 atom stereocenters. The molecule has 2 N–H and O–H groups in total. The summed E-state index contributed by atoms with van der Waals surface area (Å²) in [6, 6.07) is 12.1. The van der Waals surface area contributed by atoms with E-state index < -0.39 is 5.91 Å². The second-order valence-corrected chi connectivity index (χ2v) is 6.87. The van der Waals surface area contributed by atoms with Crippen LogP contribution in [0.4, 0.5) is 0 Å². The van der Waals surface area contributed by atoms with Crippen molar-refractivity contribution >= 4 is 17.5 Å². The number of methoxy groups -OCH3 is 1. The molecule has 0 saturated heterocycles. The van der Waals surface area contributed by atoms with Crippen LogP contribution in [-0.4, -0.2) is 27.8 Å². The third-order valence-electron chi connectivity index (χ3n) is 4.51. The van der Waals surface area contributed by atoms with Crippen molar-refractivity contribution in [2.45, 2.75) is 25.8 Å². The maximum Gasteiger partial charge on any atom is 0.248 e. The predicted octanol–water partition coefficient (Wildman–Crippen LogP) is 3.60. The topological polar surface area (TPSA) is 107 Å². The highest BCUT2D eigenvalue weighted by molar-refractivity contribution is 6.33. The average Bonchev–Trinajstić information content (AvgIpc) is 3.18.